The Balaban J connectivity index is 2.47. The van der Waals surface area contributed by atoms with Gasteiger partial charge in [0.05, 0.1) is 4.92 Å². The third-order valence-corrected chi connectivity index (χ3v) is 3.69. The van der Waals surface area contributed by atoms with Crippen molar-refractivity contribution < 1.29 is 4.92 Å². The van der Waals surface area contributed by atoms with Crippen LogP contribution in [0.2, 0.25) is 0 Å². The van der Waals surface area contributed by atoms with E-state index in [1.54, 1.807) is 19.1 Å². The van der Waals surface area contributed by atoms with Gasteiger partial charge in [0.25, 0.3) is 11.2 Å². The van der Waals surface area contributed by atoms with Crippen molar-refractivity contribution in [1.29, 1.82) is 0 Å². The number of aryl methyl sites for hydroxylation is 2. The number of rotatable bonds is 5. The maximum absolute atomic E-state index is 12.1. The number of benzene rings is 1. The Hall–Kier alpha value is -2.28. The first-order valence-electron chi connectivity index (χ1n) is 7.00. The van der Waals surface area contributed by atoms with Crippen LogP contribution in [0.15, 0.2) is 23.0 Å². The summed E-state index contributed by atoms with van der Waals surface area (Å²) in [6, 6.07) is 5.03. The van der Waals surface area contributed by atoms with Gasteiger partial charge < -0.3 is 4.98 Å². The van der Waals surface area contributed by atoms with E-state index in [2.05, 4.69) is 9.97 Å². The zero-order valence-corrected chi connectivity index (χ0v) is 13.3. The molecule has 0 aliphatic rings. The molecule has 0 atom stereocenters. The highest BCUT2D eigenvalue weighted by Gasteiger charge is 2.14. The van der Waals surface area contributed by atoms with Crippen molar-refractivity contribution in [3.05, 3.63) is 65.8 Å². The van der Waals surface area contributed by atoms with E-state index in [9.17, 15) is 14.9 Å². The molecule has 1 heterocycles. The summed E-state index contributed by atoms with van der Waals surface area (Å²) < 4.78 is 0.298. The van der Waals surface area contributed by atoms with Crippen LogP contribution in [0.5, 0.6) is 0 Å². The molecule has 0 radical (unpaired) electrons. The van der Waals surface area contributed by atoms with Crippen LogP contribution in [0.4, 0.5) is 5.69 Å². The Morgan fingerprint density at radius 2 is 2.05 bits per heavy atom. The Bertz CT molecular complexity index is 824. The number of hydrogen-bond donors (Lipinski definition) is 2. The Kier molecular flexibility index (Phi) is 4.87. The molecule has 0 unspecified atom stereocenters. The Morgan fingerprint density at radius 1 is 1.32 bits per heavy atom. The van der Waals surface area contributed by atoms with Gasteiger partial charge in [0, 0.05) is 29.3 Å². The van der Waals surface area contributed by atoms with Gasteiger partial charge in [-0.05, 0) is 31.1 Å². The number of hydrogen-bond acceptors (Lipinski definition) is 4. The van der Waals surface area contributed by atoms with Gasteiger partial charge in [0.1, 0.15) is 0 Å². The van der Waals surface area contributed by atoms with Crippen LogP contribution in [0.1, 0.15) is 35.7 Å². The van der Waals surface area contributed by atoms with E-state index in [0.29, 0.717) is 28.7 Å². The third-order valence-electron chi connectivity index (χ3n) is 3.48. The molecular formula is C15H17N3O3S. The lowest BCUT2D eigenvalue weighted by Crippen LogP contribution is -2.18. The number of nitro groups is 1. The van der Waals surface area contributed by atoms with E-state index in [4.69, 9.17) is 12.2 Å². The fourth-order valence-electron chi connectivity index (χ4n) is 2.38. The summed E-state index contributed by atoms with van der Waals surface area (Å²) in [6.45, 7) is 3.70. The van der Waals surface area contributed by atoms with E-state index in [0.717, 1.165) is 17.7 Å². The normalized spacial score (nSPS) is 10.6. The van der Waals surface area contributed by atoms with Gasteiger partial charge in [-0.3, -0.25) is 19.9 Å². The van der Waals surface area contributed by atoms with Crippen LogP contribution < -0.4 is 5.56 Å². The van der Waals surface area contributed by atoms with Crippen LogP contribution in [0.3, 0.4) is 0 Å². The number of aromatic nitrogens is 2. The Morgan fingerprint density at radius 3 is 2.68 bits per heavy atom. The summed E-state index contributed by atoms with van der Waals surface area (Å²) in [7, 11) is 0. The van der Waals surface area contributed by atoms with Gasteiger partial charge in [-0.15, -0.1) is 0 Å². The molecule has 0 amide bonds. The molecule has 0 spiro atoms. The van der Waals surface area contributed by atoms with Crippen molar-refractivity contribution in [2.45, 2.75) is 33.1 Å². The van der Waals surface area contributed by atoms with Crippen LogP contribution in [-0.4, -0.2) is 14.9 Å². The van der Waals surface area contributed by atoms with Gasteiger partial charge in [-0.25, -0.2) is 0 Å². The van der Waals surface area contributed by atoms with Crippen molar-refractivity contribution >= 4 is 17.9 Å². The molecule has 22 heavy (non-hydrogen) atoms. The summed E-state index contributed by atoms with van der Waals surface area (Å²) in [4.78, 5) is 28.4. The largest absolute Gasteiger partial charge is 0.336 e. The molecule has 116 valence electrons. The zero-order chi connectivity index (χ0) is 16.3. The van der Waals surface area contributed by atoms with Crippen LogP contribution in [0.25, 0.3) is 0 Å². The summed E-state index contributed by atoms with van der Waals surface area (Å²) in [5.74, 6) is 0. The lowest BCUT2D eigenvalue weighted by molar-refractivity contribution is -0.385. The predicted molar refractivity (Wildman–Crippen MR) is 86.9 cm³/mol. The average Bonchev–Trinajstić information content (AvgIpc) is 2.44. The van der Waals surface area contributed by atoms with E-state index in [1.807, 2.05) is 6.92 Å². The molecule has 1 aromatic carbocycles. The standard InChI is InChI=1S/C15H17N3O3S/c1-3-4-12-11(14(19)17-15(22)16-12)7-10-6-5-9(2)13(8-10)18(20)21/h5-6,8H,3-4,7H2,1-2H3,(H2,16,17,19,22). The highest BCUT2D eigenvalue weighted by Crippen LogP contribution is 2.21. The van der Waals surface area contributed by atoms with Gasteiger partial charge in [0.15, 0.2) is 4.77 Å². The second-order valence-corrected chi connectivity index (χ2v) is 5.58. The quantitative estimate of drug-likeness (QED) is 0.503. The predicted octanol–water partition coefficient (Wildman–Crippen LogP) is 3.19. The van der Waals surface area contributed by atoms with E-state index >= 15 is 0 Å². The minimum atomic E-state index is -0.408. The molecule has 2 N–H and O–H groups in total. The van der Waals surface area contributed by atoms with Gasteiger partial charge >= 0.3 is 0 Å². The maximum Gasteiger partial charge on any atom is 0.272 e. The first kappa shape index (κ1) is 16.1. The molecule has 2 aromatic rings. The van der Waals surface area contributed by atoms with Crippen molar-refractivity contribution in [2.75, 3.05) is 0 Å². The molecule has 0 fully saturated rings. The molecule has 0 bridgehead atoms. The number of H-pyrrole nitrogens is 2. The highest BCUT2D eigenvalue weighted by molar-refractivity contribution is 7.71. The molecule has 6 nitrogen and oxygen atoms in total. The summed E-state index contributed by atoms with van der Waals surface area (Å²) in [6.07, 6.45) is 1.91. The van der Waals surface area contributed by atoms with Crippen molar-refractivity contribution in [3.63, 3.8) is 0 Å². The maximum atomic E-state index is 12.1. The second kappa shape index (κ2) is 6.65. The lowest BCUT2D eigenvalue weighted by atomic mass is 10.0. The molecule has 0 saturated carbocycles. The van der Waals surface area contributed by atoms with Crippen molar-refractivity contribution in [2.24, 2.45) is 0 Å². The average molecular weight is 319 g/mol. The van der Waals surface area contributed by atoms with Crippen molar-refractivity contribution in [1.82, 2.24) is 9.97 Å². The first-order valence-corrected chi connectivity index (χ1v) is 7.41. The topological polar surface area (TPSA) is 91.8 Å². The SMILES string of the molecule is CCCc1[nH]c(=S)[nH]c(=O)c1Cc1ccc(C)c([N+](=O)[O-])c1. The smallest absolute Gasteiger partial charge is 0.272 e. The molecule has 1 aromatic heterocycles. The van der Waals surface area contributed by atoms with Crippen molar-refractivity contribution in [3.8, 4) is 0 Å². The molecule has 0 saturated heterocycles. The summed E-state index contributed by atoms with van der Waals surface area (Å²) >= 11 is 5.00. The molecule has 0 aliphatic heterocycles. The highest BCUT2D eigenvalue weighted by atomic mass is 32.1. The van der Waals surface area contributed by atoms with Crippen LogP contribution in [-0.2, 0) is 12.8 Å². The monoisotopic (exact) mass is 319 g/mol. The van der Waals surface area contributed by atoms with Gasteiger partial charge in [-0.1, -0.05) is 25.5 Å². The molecule has 0 aliphatic carbocycles. The zero-order valence-electron chi connectivity index (χ0n) is 12.4. The van der Waals surface area contributed by atoms with Crippen LogP contribution >= 0.6 is 12.2 Å². The van der Waals surface area contributed by atoms with E-state index < -0.39 is 4.92 Å². The second-order valence-electron chi connectivity index (χ2n) is 5.17. The Labute approximate surface area is 132 Å². The third kappa shape index (κ3) is 3.48. The van der Waals surface area contributed by atoms with Crippen LogP contribution in [0, 0.1) is 21.8 Å². The lowest BCUT2D eigenvalue weighted by Gasteiger charge is -2.08. The number of nitrogens with one attached hydrogen (secondary N) is 2. The fraction of sp³-hybridized carbons (Fsp3) is 0.333. The summed E-state index contributed by atoms with van der Waals surface area (Å²) in [5, 5.41) is 11.0. The first-order chi connectivity index (χ1) is 10.4. The summed E-state index contributed by atoms with van der Waals surface area (Å²) in [5.41, 5.74) is 2.52. The van der Waals surface area contributed by atoms with E-state index in [-0.39, 0.29) is 11.2 Å². The number of nitrogens with zero attached hydrogens (tertiary/aromatic N) is 1. The van der Waals surface area contributed by atoms with E-state index in [1.165, 1.54) is 6.07 Å². The minimum absolute atomic E-state index is 0.0647. The van der Waals surface area contributed by atoms with Gasteiger partial charge in [0.2, 0.25) is 0 Å². The molecule has 2 rings (SSSR count). The number of aromatic amines is 2. The fourth-order valence-corrected chi connectivity index (χ4v) is 2.59. The number of nitro benzene ring substituents is 1. The molecular weight excluding hydrogens is 302 g/mol. The molecule has 7 heteroatoms. The minimum Gasteiger partial charge on any atom is -0.336 e. The van der Waals surface area contributed by atoms with Gasteiger partial charge in [-0.2, -0.15) is 0 Å².